The van der Waals surface area contributed by atoms with Gasteiger partial charge >= 0.3 is 0 Å². The number of rotatable bonds is 3. The van der Waals surface area contributed by atoms with Crippen LogP contribution in [-0.4, -0.2) is 28.3 Å². The molecule has 1 aromatic heterocycles. The van der Waals surface area contributed by atoms with Crippen LogP contribution in [0.3, 0.4) is 0 Å². The SMILES string of the molecule is CC(=O)SCC1CC(=O)N(c2ccc(C)c(Br)n2)C1. The minimum atomic E-state index is 0.0809. The smallest absolute Gasteiger partial charge is 0.228 e. The van der Waals surface area contributed by atoms with Gasteiger partial charge in [0, 0.05) is 25.6 Å². The highest BCUT2D eigenvalue weighted by atomic mass is 79.9. The zero-order chi connectivity index (χ0) is 14.0. The minimum absolute atomic E-state index is 0.0809. The van der Waals surface area contributed by atoms with E-state index in [9.17, 15) is 9.59 Å². The van der Waals surface area contributed by atoms with Gasteiger partial charge in [0.25, 0.3) is 0 Å². The first-order chi connectivity index (χ1) is 8.97. The number of nitrogens with zero attached hydrogens (tertiary/aromatic N) is 2. The number of halogens is 1. The third-order valence-corrected chi connectivity index (χ3v) is 4.87. The van der Waals surface area contributed by atoms with Gasteiger partial charge in [-0.1, -0.05) is 17.8 Å². The number of pyridine rings is 1. The summed E-state index contributed by atoms with van der Waals surface area (Å²) in [5, 5.41) is 0.0992. The number of carbonyl (C=O) groups excluding carboxylic acids is 2. The highest BCUT2D eigenvalue weighted by molar-refractivity contribution is 9.10. The summed E-state index contributed by atoms with van der Waals surface area (Å²) in [5.41, 5.74) is 1.04. The second-order valence-electron chi connectivity index (χ2n) is 4.65. The molecular weight excluding hydrogens is 328 g/mol. The Morgan fingerprint density at radius 2 is 2.32 bits per heavy atom. The van der Waals surface area contributed by atoms with Crippen LogP contribution in [-0.2, 0) is 9.59 Å². The number of carbonyl (C=O) groups is 2. The first-order valence-corrected chi connectivity index (χ1v) is 7.82. The van der Waals surface area contributed by atoms with Crippen LogP contribution >= 0.6 is 27.7 Å². The highest BCUT2D eigenvalue weighted by Gasteiger charge is 2.31. The molecule has 2 heterocycles. The van der Waals surface area contributed by atoms with Crippen molar-refractivity contribution in [3.8, 4) is 0 Å². The summed E-state index contributed by atoms with van der Waals surface area (Å²) in [6, 6.07) is 3.80. The van der Waals surface area contributed by atoms with Gasteiger partial charge in [-0.25, -0.2) is 4.98 Å². The molecule has 0 aliphatic carbocycles. The first kappa shape index (κ1) is 14.5. The van der Waals surface area contributed by atoms with E-state index in [4.69, 9.17) is 0 Å². The van der Waals surface area contributed by atoms with E-state index in [2.05, 4.69) is 20.9 Å². The van der Waals surface area contributed by atoms with E-state index in [1.807, 2.05) is 19.1 Å². The van der Waals surface area contributed by atoms with Gasteiger partial charge in [0.05, 0.1) is 0 Å². The molecule has 1 aliphatic heterocycles. The zero-order valence-electron chi connectivity index (χ0n) is 10.9. The molecule has 2 rings (SSSR count). The quantitative estimate of drug-likeness (QED) is 0.792. The highest BCUT2D eigenvalue weighted by Crippen LogP contribution is 2.27. The van der Waals surface area contributed by atoms with Crippen LogP contribution in [0.5, 0.6) is 0 Å². The van der Waals surface area contributed by atoms with Gasteiger partial charge in [-0.15, -0.1) is 0 Å². The molecule has 1 fully saturated rings. The lowest BCUT2D eigenvalue weighted by Crippen LogP contribution is -2.25. The molecule has 4 nitrogen and oxygen atoms in total. The fraction of sp³-hybridized carbons (Fsp3) is 0.462. The summed E-state index contributed by atoms with van der Waals surface area (Å²) < 4.78 is 0.763. The van der Waals surface area contributed by atoms with Crippen molar-refractivity contribution in [2.45, 2.75) is 20.3 Å². The Kier molecular flexibility index (Phi) is 4.62. The van der Waals surface area contributed by atoms with E-state index in [0.717, 1.165) is 10.2 Å². The normalized spacial score (nSPS) is 19.0. The lowest BCUT2D eigenvalue weighted by atomic mass is 10.1. The number of thioether (sulfide) groups is 1. The molecule has 0 N–H and O–H groups in total. The van der Waals surface area contributed by atoms with Gasteiger partial charge in [0.15, 0.2) is 5.12 Å². The molecule has 1 aliphatic rings. The van der Waals surface area contributed by atoms with Crippen LogP contribution in [0.15, 0.2) is 16.7 Å². The van der Waals surface area contributed by atoms with Crippen molar-refractivity contribution in [3.05, 3.63) is 22.3 Å². The Morgan fingerprint density at radius 3 is 2.95 bits per heavy atom. The van der Waals surface area contributed by atoms with Gasteiger partial charge in [-0.05, 0) is 40.4 Å². The van der Waals surface area contributed by atoms with E-state index in [-0.39, 0.29) is 16.9 Å². The molecule has 0 spiro atoms. The second-order valence-corrected chi connectivity index (χ2v) is 6.60. The average molecular weight is 343 g/mol. The molecule has 0 radical (unpaired) electrons. The molecule has 0 bridgehead atoms. The predicted molar refractivity (Wildman–Crippen MR) is 80.3 cm³/mol. The van der Waals surface area contributed by atoms with Crippen LogP contribution in [0, 0.1) is 12.8 Å². The van der Waals surface area contributed by atoms with E-state index < -0.39 is 0 Å². The molecule has 1 unspecified atom stereocenters. The Hall–Kier alpha value is -0.880. The molecule has 1 aromatic rings. The topological polar surface area (TPSA) is 50.3 Å². The maximum atomic E-state index is 12.0. The average Bonchev–Trinajstić information content (AvgIpc) is 2.72. The summed E-state index contributed by atoms with van der Waals surface area (Å²) in [4.78, 5) is 29.1. The van der Waals surface area contributed by atoms with E-state index in [1.165, 1.54) is 11.8 Å². The lowest BCUT2D eigenvalue weighted by Gasteiger charge is -2.16. The molecule has 1 amide bonds. The molecule has 1 saturated heterocycles. The molecule has 19 heavy (non-hydrogen) atoms. The van der Waals surface area contributed by atoms with Crippen LogP contribution in [0.1, 0.15) is 18.9 Å². The standard InChI is InChI=1S/C13H15BrN2O2S/c1-8-3-4-11(15-13(8)14)16-6-10(5-12(16)18)7-19-9(2)17/h3-4,10H,5-7H2,1-2H3. The number of amides is 1. The van der Waals surface area contributed by atoms with Crippen LogP contribution < -0.4 is 4.90 Å². The number of anilines is 1. The van der Waals surface area contributed by atoms with Crippen LogP contribution in [0.4, 0.5) is 5.82 Å². The van der Waals surface area contributed by atoms with Crippen molar-refractivity contribution in [3.63, 3.8) is 0 Å². The van der Waals surface area contributed by atoms with E-state index in [0.29, 0.717) is 24.5 Å². The minimum Gasteiger partial charge on any atom is -0.296 e. The second kappa shape index (κ2) is 6.05. The molecule has 102 valence electrons. The monoisotopic (exact) mass is 342 g/mol. The Labute approximate surface area is 125 Å². The fourth-order valence-electron chi connectivity index (χ4n) is 1.99. The van der Waals surface area contributed by atoms with Crippen LogP contribution in [0.2, 0.25) is 0 Å². The van der Waals surface area contributed by atoms with Crippen molar-refractivity contribution in [2.24, 2.45) is 5.92 Å². The Morgan fingerprint density at radius 1 is 1.58 bits per heavy atom. The Bertz CT molecular complexity index is 521. The number of hydrogen-bond donors (Lipinski definition) is 0. The number of hydrogen-bond acceptors (Lipinski definition) is 4. The molecule has 0 aromatic carbocycles. The lowest BCUT2D eigenvalue weighted by molar-refractivity contribution is -0.117. The molecule has 6 heteroatoms. The number of aromatic nitrogens is 1. The zero-order valence-corrected chi connectivity index (χ0v) is 13.3. The van der Waals surface area contributed by atoms with Gasteiger partial charge in [0.2, 0.25) is 5.91 Å². The number of aryl methyl sites for hydroxylation is 1. The van der Waals surface area contributed by atoms with Gasteiger partial charge in [-0.2, -0.15) is 0 Å². The summed E-state index contributed by atoms with van der Waals surface area (Å²) >= 11 is 4.67. The molecule has 0 saturated carbocycles. The third-order valence-electron chi connectivity index (χ3n) is 3.02. The third kappa shape index (κ3) is 3.57. The van der Waals surface area contributed by atoms with Crippen LogP contribution in [0.25, 0.3) is 0 Å². The van der Waals surface area contributed by atoms with Crippen molar-refractivity contribution < 1.29 is 9.59 Å². The van der Waals surface area contributed by atoms with E-state index in [1.54, 1.807) is 11.8 Å². The first-order valence-electron chi connectivity index (χ1n) is 6.04. The largest absolute Gasteiger partial charge is 0.296 e. The van der Waals surface area contributed by atoms with Crippen molar-refractivity contribution in [1.29, 1.82) is 0 Å². The van der Waals surface area contributed by atoms with Crippen molar-refractivity contribution >= 4 is 44.5 Å². The maximum Gasteiger partial charge on any atom is 0.228 e. The molecular formula is C13H15BrN2O2S. The summed E-state index contributed by atoms with van der Waals surface area (Å²) in [5.74, 6) is 1.68. The van der Waals surface area contributed by atoms with Gasteiger partial charge in [-0.3, -0.25) is 14.5 Å². The summed E-state index contributed by atoms with van der Waals surface area (Å²) in [6.07, 6.45) is 0.494. The summed E-state index contributed by atoms with van der Waals surface area (Å²) in [6.45, 7) is 4.15. The predicted octanol–water partition coefficient (Wildman–Crippen LogP) is 2.79. The fourth-order valence-corrected chi connectivity index (χ4v) is 3.00. The Balaban J connectivity index is 2.07. The maximum absolute atomic E-state index is 12.0. The van der Waals surface area contributed by atoms with Crippen molar-refractivity contribution in [2.75, 3.05) is 17.2 Å². The van der Waals surface area contributed by atoms with Gasteiger partial charge in [0.1, 0.15) is 10.4 Å². The van der Waals surface area contributed by atoms with E-state index >= 15 is 0 Å². The molecule has 1 atom stereocenters. The summed E-state index contributed by atoms with van der Waals surface area (Å²) in [7, 11) is 0. The van der Waals surface area contributed by atoms with Crippen molar-refractivity contribution in [1.82, 2.24) is 4.98 Å². The van der Waals surface area contributed by atoms with Gasteiger partial charge < -0.3 is 0 Å².